The van der Waals surface area contributed by atoms with Crippen LogP contribution in [0.4, 0.5) is 15.8 Å². The van der Waals surface area contributed by atoms with Crippen LogP contribution in [0.25, 0.3) is 5.69 Å². The summed E-state index contributed by atoms with van der Waals surface area (Å²) in [5.41, 5.74) is 2.39. The normalized spacial score (nSPS) is 10.5. The van der Waals surface area contributed by atoms with E-state index in [1.165, 1.54) is 16.8 Å². The van der Waals surface area contributed by atoms with Gasteiger partial charge in [0.1, 0.15) is 5.82 Å². The number of nitrogens with one attached hydrogen (secondary N) is 2. The number of rotatable bonds is 5. The molecular weight excluding hydrogens is 349 g/mol. The van der Waals surface area contributed by atoms with E-state index >= 15 is 0 Å². The van der Waals surface area contributed by atoms with Crippen LogP contribution in [0, 0.1) is 12.7 Å². The average molecular weight is 367 g/mol. The van der Waals surface area contributed by atoms with E-state index in [0.717, 1.165) is 0 Å². The van der Waals surface area contributed by atoms with Gasteiger partial charge in [0.05, 0.1) is 11.4 Å². The first-order chi connectivity index (χ1) is 13.0. The van der Waals surface area contributed by atoms with E-state index in [2.05, 4.69) is 20.9 Å². The van der Waals surface area contributed by atoms with E-state index < -0.39 is 5.91 Å². The number of anilines is 2. The standard InChI is InChI=1S/C19H18FN5O2/c1-3-17(26)21-14-5-4-6-15(11-14)22-19(27)18-12(2)25(24-23-18)16-9-7-13(20)8-10-16/h4-11H,3H2,1-2H3,(H,21,26)(H,22,27). The van der Waals surface area contributed by atoms with Crippen molar-refractivity contribution in [2.24, 2.45) is 0 Å². The lowest BCUT2D eigenvalue weighted by Gasteiger charge is -2.08. The number of benzene rings is 2. The molecule has 0 saturated carbocycles. The molecule has 8 heteroatoms. The first kappa shape index (κ1) is 18.2. The molecule has 0 atom stereocenters. The Morgan fingerprint density at radius 2 is 1.74 bits per heavy atom. The Hall–Kier alpha value is -3.55. The third-order valence-corrected chi connectivity index (χ3v) is 3.91. The second-order valence-corrected chi connectivity index (χ2v) is 5.85. The molecule has 138 valence electrons. The molecule has 0 aliphatic carbocycles. The molecule has 0 unspecified atom stereocenters. The van der Waals surface area contributed by atoms with Gasteiger partial charge in [0.15, 0.2) is 5.69 Å². The highest BCUT2D eigenvalue weighted by atomic mass is 19.1. The number of hydrogen-bond acceptors (Lipinski definition) is 4. The number of carbonyl (C=O) groups excluding carboxylic acids is 2. The van der Waals surface area contributed by atoms with Crippen LogP contribution >= 0.6 is 0 Å². The van der Waals surface area contributed by atoms with Crippen LogP contribution in [0.3, 0.4) is 0 Å². The molecule has 0 aliphatic heterocycles. The van der Waals surface area contributed by atoms with Gasteiger partial charge in [-0.1, -0.05) is 18.2 Å². The molecule has 0 fully saturated rings. The predicted molar refractivity (Wildman–Crippen MR) is 99.4 cm³/mol. The van der Waals surface area contributed by atoms with E-state index in [1.807, 2.05) is 0 Å². The van der Waals surface area contributed by atoms with Crippen LogP contribution in [-0.2, 0) is 4.79 Å². The number of nitrogens with zero attached hydrogens (tertiary/aromatic N) is 3. The minimum absolute atomic E-state index is 0.114. The van der Waals surface area contributed by atoms with Crippen molar-refractivity contribution in [3.63, 3.8) is 0 Å². The van der Waals surface area contributed by atoms with Crippen molar-refractivity contribution < 1.29 is 14.0 Å². The maximum Gasteiger partial charge on any atom is 0.278 e. The van der Waals surface area contributed by atoms with Crippen molar-refractivity contribution in [1.82, 2.24) is 15.0 Å². The van der Waals surface area contributed by atoms with Gasteiger partial charge in [-0.2, -0.15) is 0 Å². The van der Waals surface area contributed by atoms with E-state index in [1.54, 1.807) is 50.2 Å². The fourth-order valence-electron chi connectivity index (χ4n) is 2.48. The van der Waals surface area contributed by atoms with Crippen LogP contribution in [0.1, 0.15) is 29.5 Å². The van der Waals surface area contributed by atoms with Crippen LogP contribution in [0.15, 0.2) is 48.5 Å². The van der Waals surface area contributed by atoms with Crippen LogP contribution in [0.5, 0.6) is 0 Å². The lowest BCUT2D eigenvalue weighted by Crippen LogP contribution is -2.15. The van der Waals surface area contributed by atoms with Crippen LogP contribution < -0.4 is 10.6 Å². The molecule has 0 radical (unpaired) electrons. The van der Waals surface area contributed by atoms with Crippen molar-refractivity contribution in [1.29, 1.82) is 0 Å². The molecule has 2 aromatic carbocycles. The van der Waals surface area contributed by atoms with Crippen molar-refractivity contribution in [3.8, 4) is 5.69 Å². The summed E-state index contributed by atoms with van der Waals surface area (Å²) in [5, 5.41) is 13.4. The fourth-order valence-corrected chi connectivity index (χ4v) is 2.48. The van der Waals surface area contributed by atoms with Gasteiger partial charge in [-0.3, -0.25) is 9.59 Å². The number of carbonyl (C=O) groups is 2. The largest absolute Gasteiger partial charge is 0.326 e. The monoisotopic (exact) mass is 367 g/mol. The lowest BCUT2D eigenvalue weighted by molar-refractivity contribution is -0.115. The van der Waals surface area contributed by atoms with Crippen molar-refractivity contribution in [2.45, 2.75) is 20.3 Å². The Bertz CT molecular complexity index is 982. The quantitative estimate of drug-likeness (QED) is 0.724. The van der Waals surface area contributed by atoms with Gasteiger partial charge < -0.3 is 10.6 Å². The van der Waals surface area contributed by atoms with Crippen LogP contribution in [-0.4, -0.2) is 26.8 Å². The molecule has 0 bridgehead atoms. The summed E-state index contributed by atoms with van der Waals surface area (Å²) in [5.74, 6) is -0.902. The van der Waals surface area contributed by atoms with Crippen molar-refractivity contribution >= 4 is 23.2 Å². The highest BCUT2D eigenvalue weighted by molar-refractivity contribution is 6.04. The molecule has 0 saturated heterocycles. The summed E-state index contributed by atoms with van der Waals surface area (Å²) in [6.07, 6.45) is 0.363. The fraction of sp³-hybridized carbons (Fsp3) is 0.158. The molecule has 27 heavy (non-hydrogen) atoms. The van der Waals surface area contributed by atoms with Gasteiger partial charge in [-0.15, -0.1) is 5.10 Å². The minimum atomic E-state index is -0.431. The van der Waals surface area contributed by atoms with Gasteiger partial charge in [0.2, 0.25) is 5.91 Å². The number of hydrogen-bond donors (Lipinski definition) is 2. The average Bonchev–Trinajstić information content (AvgIpc) is 3.04. The van der Waals surface area contributed by atoms with Gasteiger partial charge in [-0.25, -0.2) is 9.07 Å². The highest BCUT2D eigenvalue weighted by Gasteiger charge is 2.17. The highest BCUT2D eigenvalue weighted by Crippen LogP contribution is 2.18. The molecular formula is C19H18FN5O2. The number of amides is 2. The van der Waals surface area contributed by atoms with Gasteiger partial charge in [-0.05, 0) is 49.4 Å². The minimum Gasteiger partial charge on any atom is -0.326 e. The predicted octanol–water partition coefficient (Wildman–Crippen LogP) is 3.32. The molecule has 3 aromatic rings. The smallest absolute Gasteiger partial charge is 0.278 e. The third kappa shape index (κ3) is 4.17. The Morgan fingerprint density at radius 3 is 2.41 bits per heavy atom. The number of halogens is 1. The van der Waals surface area contributed by atoms with Gasteiger partial charge >= 0.3 is 0 Å². The summed E-state index contributed by atoms with van der Waals surface area (Å²) >= 11 is 0. The first-order valence-corrected chi connectivity index (χ1v) is 8.37. The second kappa shape index (κ2) is 7.77. The van der Waals surface area contributed by atoms with E-state index in [4.69, 9.17) is 0 Å². The molecule has 2 N–H and O–H groups in total. The van der Waals surface area contributed by atoms with E-state index in [9.17, 15) is 14.0 Å². The zero-order valence-corrected chi connectivity index (χ0v) is 14.9. The maximum atomic E-state index is 13.1. The van der Waals surface area contributed by atoms with Gasteiger partial charge in [0, 0.05) is 17.8 Å². The van der Waals surface area contributed by atoms with E-state index in [-0.39, 0.29) is 17.4 Å². The maximum absolute atomic E-state index is 13.1. The number of aromatic nitrogens is 3. The summed E-state index contributed by atoms with van der Waals surface area (Å²) in [6.45, 7) is 3.46. The molecule has 0 spiro atoms. The Morgan fingerprint density at radius 1 is 1.07 bits per heavy atom. The van der Waals surface area contributed by atoms with Crippen molar-refractivity contribution in [2.75, 3.05) is 10.6 Å². The van der Waals surface area contributed by atoms with Crippen LogP contribution in [0.2, 0.25) is 0 Å². The Balaban J connectivity index is 1.78. The molecule has 0 aliphatic rings. The van der Waals surface area contributed by atoms with Gasteiger partial charge in [0.25, 0.3) is 5.91 Å². The Kier molecular flexibility index (Phi) is 5.25. The zero-order valence-electron chi connectivity index (χ0n) is 14.9. The summed E-state index contributed by atoms with van der Waals surface area (Å²) in [6, 6.07) is 12.6. The Labute approximate surface area is 155 Å². The van der Waals surface area contributed by atoms with Crippen molar-refractivity contribution in [3.05, 3.63) is 65.7 Å². The summed E-state index contributed by atoms with van der Waals surface area (Å²) < 4.78 is 14.5. The topological polar surface area (TPSA) is 88.9 Å². The molecule has 7 nitrogen and oxygen atoms in total. The molecule has 1 aromatic heterocycles. The molecule has 3 rings (SSSR count). The lowest BCUT2D eigenvalue weighted by atomic mass is 10.2. The van der Waals surface area contributed by atoms with E-state index in [0.29, 0.717) is 29.2 Å². The molecule has 1 heterocycles. The second-order valence-electron chi connectivity index (χ2n) is 5.85. The first-order valence-electron chi connectivity index (χ1n) is 8.37. The zero-order chi connectivity index (χ0) is 19.4. The SMILES string of the molecule is CCC(=O)Nc1cccc(NC(=O)c2nnn(-c3ccc(F)cc3)c2C)c1. The molecule has 2 amide bonds. The summed E-state index contributed by atoms with van der Waals surface area (Å²) in [4.78, 5) is 24.0. The summed E-state index contributed by atoms with van der Waals surface area (Å²) in [7, 11) is 0. The third-order valence-electron chi connectivity index (χ3n) is 3.91.